The van der Waals surface area contributed by atoms with Crippen LogP contribution in [0.2, 0.25) is 0 Å². The predicted molar refractivity (Wildman–Crippen MR) is 70.6 cm³/mol. The molecular formula is C11H16BrNO2S. The lowest BCUT2D eigenvalue weighted by atomic mass is 10.3. The Morgan fingerprint density at radius 1 is 1.50 bits per heavy atom. The molecule has 1 rings (SSSR count). The van der Waals surface area contributed by atoms with Crippen LogP contribution in [0.3, 0.4) is 0 Å². The minimum atomic E-state index is 0.0922. The molecule has 0 unspecified atom stereocenters. The normalized spacial score (nSPS) is 10.4. The van der Waals surface area contributed by atoms with E-state index in [0.29, 0.717) is 19.7 Å². The predicted octanol–water partition coefficient (Wildman–Crippen LogP) is 2.54. The Morgan fingerprint density at radius 2 is 2.25 bits per heavy atom. The van der Waals surface area contributed by atoms with E-state index < -0.39 is 0 Å². The summed E-state index contributed by atoms with van der Waals surface area (Å²) in [5.41, 5.74) is 0. The summed E-state index contributed by atoms with van der Waals surface area (Å²) in [5, 5.41) is 0.785. The SMILES string of the molecule is COCCN(CCBr)C(=O)c1ccc(C)s1. The molecule has 1 heterocycles. The van der Waals surface area contributed by atoms with Crippen LogP contribution >= 0.6 is 27.3 Å². The fourth-order valence-corrected chi connectivity index (χ4v) is 2.59. The van der Waals surface area contributed by atoms with Gasteiger partial charge in [-0.2, -0.15) is 0 Å². The highest BCUT2D eigenvalue weighted by atomic mass is 79.9. The van der Waals surface area contributed by atoms with Gasteiger partial charge in [0, 0.05) is 30.4 Å². The largest absolute Gasteiger partial charge is 0.383 e. The molecule has 0 saturated heterocycles. The van der Waals surface area contributed by atoms with E-state index in [1.54, 1.807) is 7.11 Å². The number of halogens is 1. The average molecular weight is 306 g/mol. The minimum Gasteiger partial charge on any atom is -0.383 e. The molecule has 0 radical (unpaired) electrons. The van der Waals surface area contributed by atoms with Gasteiger partial charge in [0.05, 0.1) is 11.5 Å². The molecule has 0 saturated carbocycles. The van der Waals surface area contributed by atoms with Crippen molar-refractivity contribution >= 4 is 33.2 Å². The second-order valence-corrected chi connectivity index (χ2v) is 5.47. The Bertz CT molecular complexity index is 340. The van der Waals surface area contributed by atoms with E-state index in [1.807, 2.05) is 24.0 Å². The fraction of sp³-hybridized carbons (Fsp3) is 0.545. The molecule has 0 aliphatic heterocycles. The first-order valence-corrected chi connectivity index (χ1v) is 7.03. The van der Waals surface area contributed by atoms with Crippen molar-refractivity contribution < 1.29 is 9.53 Å². The number of nitrogens with zero attached hydrogens (tertiary/aromatic N) is 1. The smallest absolute Gasteiger partial charge is 0.264 e. The Hall–Kier alpha value is -0.390. The number of alkyl halides is 1. The molecule has 0 bridgehead atoms. The molecule has 90 valence electrons. The molecule has 0 aliphatic carbocycles. The number of ether oxygens (including phenoxy) is 1. The van der Waals surface area contributed by atoms with Crippen molar-refractivity contribution in [1.82, 2.24) is 4.90 Å². The topological polar surface area (TPSA) is 29.5 Å². The van der Waals surface area contributed by atoms with Crippen molar-refractivity contribution in [3.8, 4) is 0 Å². The zero-order valence-electron chi connectivity index (χ0n) is 9.53. The number of carbonyl (C=O) groups excluding carboxylic acids is 1. The number of methoxy groups -OCH3 is 1. The Balaban J connectivity index is 2.66. The number of rotatable bonds is 6. The summed E-state index contributed by atoms with van der Waals surface area (Å²) in [7, 11) is 1.64. The van der Waals surface area contributed by atoms with Crippen LogP contribution < -0.4 is 0 Å². The minimum absolute atomic E-state index is 0.0922. The first kappa shape index (κ1) is 13.7. The quantitative estimate of drug-likeness (QED) is 0.756. The summed E-state index contributed by atoms with van der Waals surface area (Å²) >= 11 is 4.89. The molecule has 1 aromatic rings. The van der Waals surface area contributed by atoms with E-state index in [4.69, 9.17) is 4.74 Å². The van der Waals surface area contributed by atoms with E-state index >= 15 is 0 Å². The van der Waals surface area contributed by atoms with Gasteiger partial charge in [-0.15, -0.1) is 11.3 Å². The number of hydrogen-bond donors (Lipinski definition) is 0. The van der Waals surface area contributed by atoms with Crippen molar-refractivity contribution in [2.45, 2.75) is 6.92 Å². The monoisotopic (exact) mass is 305 g/mol. The lowest BCUT2D eigenvalue weighted by Crippen LogP contribution is -2.34. The highest BCUT2D eigenvalue weighted by Crippen LogP contribution is 2.17. The maximum atomic E-state index is 12.1. The third kappa shape index (κ3) is 3.88. The van der Waals surface area contributed by atoms with Crippen molar-refractivity contribution in [2.75, 3.05) is 32.1 Å². The Kier molecular flexibility index (Phi) is 6.01. The third-order valence-electron chi connectivity index (χ3n) is 2.16. The lowest BCUT2D eigenvalue weighted by Gasteiger charge is -2.20. The number of amides is 1. The van der Waals surface area contributed by atoms with Crippen molar-refractivity contribution in [2.24, 2.45) is 0 Å². The van der Waals surface area contributed by atoms with Crippen LogP contribution in [0.25, 0.3) is 0 Å². The van der Waals surface area contributed by atoms with Gasteiger partial charge in [0.15, 0.2) is 0 Å². The molecule has 16 heavy (non-hydrogen) atoms. The first-order chi connectivity index (χ1) is 7.69. The second kappa shape index (κ2) is 7.04. The van der Waals surface area contributed by atoms with Gasteiger partial charge in [-0.25, -0.2) is 0 Å². The van der Waals surface area contributed by atoms with E-state index in [-0.39, 0.29) is 5.91 Å². The van der Waals surface area contributed by atoms with Gasteiger partial charge >= 0.3 is 0 Å². The summed E-state index contributed by atoms with van der Waals surface area (Å²) < 4.78 is 5.00. The highest BCUT2D eigenvalue weighted by Gasteiger charge is 2.16. The van der Waals surface area contributed by atoms with Crippen LogP contribution in [0.1, 0.15) is 14.5 Å². The molecule has 1 aromatic heterocycles. The van der Waals surface area contributed by atoms with E-state index in [2.05, 4.69) is 15.9 Å². The zero-order chi connectivity index (χ0) is 12.0. The molecule has 0 aliphatic rings. The summed E-state index contributed by atoms with van der Waals surface area (Å²) in [6.45, 7) is 3.92. The van der Waals surface area contributed by atoms with E-state index in [9.17, 15) is 4.79 Å². The fourth-order valence-electron chi connectivity index (χ4n) is 1.32. The molecule has 3 nitrogen and oxygen atoms in total. The van der Waals surface area contributed by atoms with Gasteiger partial charge in [0.2, 0.25) is 0 Å². The molecule has 0 aromatic carbocycles. The number of carbonyl (C=O) groups is 1. The van der Waals surface area contributed by atoms with Gasteiger partial charge in [0.1, 0.15) is 0 Å². The van der Waals surface area contributed by atoms with Crippen LogP contribution in [0.5, 0.6) is 0 Å². The van der Waals surface area contributed by atoms with Crippen LogP contribution in [0.15, 0.2) is 12.1 Å². The van der Waals surface area contributed by atoms with Gasteiger partial charge in [0.25, 0.3) is 5.91 Å². The molecule has 0 spiro atoms. The van der Waals surface area contributed by atoms with Gasteiger partial charge in [-0.1, -0.05) is 15.9 Å². The summed E-state index contributed by atoms with van der Waals surface area (Å²) in [6.07, 6.45) is 0. The number of thiophene rings is 1. The van der Waals surface area contributed by atoms with Gasteiger partial charge in [-0.3, -0.25) is 4.79 Å². The van der Waals surface area contributed by atoms with Crippen LogP contribution in [-0.4, -0.2) is 42.9 Å². The highest BCUT2D eigenvalue weighted by molar-refractivity contribution is 9.09. The first-order valence-electron chi connectivity index (χ1n) is 5.09. The summed E-state index contributed by atoms with van der Waals surface area (Å²) in [6, 6.07) is 3.86. The molecule has 5 heteroatoms. The lowest BCUT2D eigenvalue weighted by molar-refractivity contribution is 0.0713. The molecule has 0 N–H and O–H groups in total. The average Bonchev–Trinajstić information content (AvgIpc) is 2.70. The van der Waals surface area contributed by atoms with Gasteiger partial charge in [-0.05, 0) is 19.1 Å². The standard InChI is InChI=1S/C11H16BrNO2S/c1-9-3-4-10(16-9)11(14)13(6-5-12)7-8-15-2/h3-4H,5-8H2,1-2H3. The summed E-state index contributed by atoms with van der Waals surface area (Å²) in [4.78, 5) is 15.9. The van der Waals surface area contributed by atoms with Crippen LogP contribution in [-0.2, 0) is 4.74 Å². The summed E-state index contributed by atoms with van der Waals surface area (Å²) in [5.74, 6) is 0.0922. The molecule has 0 fully saturated rings. The Morgan fingerprint density at radius 3 is 2.75 bits per heavy atom. The van der Waals surface area contributed by atoms with Crippen molar-refractivity contribution in [1.29, 1.82) is 0 Å². The molecule has 0 atom stereocenters. The molecule has 1 amide bonds. The van der Waals surface area contributed by atoms with E-state index in [0.717, 1.165) is 15.1 Å². The maximum Gasteiger partial charge on any atom is 0.264 e. The van der Waals surface area contributed by atoms with Crippen molar-refractivity contribution in [3.05, 3.63) is 21.9 Å². The van der Waals surface area contributed by atoms with Crippen LogP contribution in [0.4, 0.5) is 0 Å². The molecular weight excluding hydrogens is 290 g/mol. The van der Waals surface area contributed by atoms with Crippen molar-refractivity contribution in [3.63, 3.8) is 0 Å². The Labute approximate surface area is 109 Å². The van der Waals surface area contributed by atoms with E-state index in [1.165, 1.54) is 11.3 Å². The number of aryl methyl sites for hydroxylation is 1. The maximum absolute atomic E-state index is 12.1. The number of hydrogen-bond acceptors (Lipinski definition) is 3. The third-order valence-corrected chi connectivity index (χ3v) is 3.50. The second-order valence-electron chi connectivity index (χ2n) is 3.38. The zero-order valence-corrected chi connectivity index (χ0v) is 11.9. The van der Waals surface area contributed by atoms with Crippen LogP contribution in [0, 0.1) is 6.92 Å². The van der Waals surface area contributed by atoms with Gasteiger partial charge < -0.3 is 9.64 Å².